The molecule has 41 heavy (non-hydrogen) atoms. The van der Waals surface area contributed by atoms with Crippen LogP contribution in [0.3, 0.4) is 0 Å². The highest BCUT2D eigenvalue weighted by atomic mass is 35.5. The normalized spacial score (nSPS) is 22.2. The van der Waals surface area contributed by atoms with Crippen LogP contribution in [0.25, 0.3) is 0 Å². The van der Waals surface area contributed by atoms with E-state index in [1.165, 1.54) is 19.3 Å². The standard InChI is InChI=1S/C32H49ClN4O3.ClH/c1-31(2,3)36-30(40)32(24-9-5-4-6-10-24)16-19-37(20-17-32)28(38)22-26(21-23-12-14-25(33)15-13-23)35-29(39)27-11-7-8-18-34-27;/h12-15,24,26-27,34H,4-11,16-22H2,1-3H3,(H,35,39)(H,36,40);1H/t26-,27-;/m1./s1. The first kappa shape index (κ1) is 33.7. The van der Waals surface area contributed by atoms with Gasteiger partial charge in [0, 0.05) is 36.1 Å². The molecule has 1 aliphatic carbocycles. The van der Waals surface area contributed by atoms with Crippen molar-refractivity contribution in [3.8, 4) is 0 Å². The fourth-order valence-corrected chi connectivity index (χ4v) is 7.02. The number of halogens is 2. The predicted octanol–water partition coefficient (Wildman–Crippen LogP) is 5.43. The molecule has 230 valence electrons. The lowest BCUT2D eigenvalue weighted by atomic mass is 9.63. The second-order valence-electron chi connectivity index (χ2n) is 13.3. The largest absolute Gasteiger partial charge is 0.351 e. The zero-order valence-corrected chi connectivity index (χ0v) is 26.7. The Kier molecular flexibility index (Phi) is 12.4. The number of benzene rings is 1. The monoisotopic (exact) mass is 608 g/mol. The van der Waals surface area contributed by atoms with Crippen molar-refractivity contribution < 1.29 is 14.4 Å². The lowest BCUT2D eigenvalue weighted by Gasteiger charge is -2.47. The summed E-state index contributed by atoms with van der Waals surface area (Å²) in [5.41, 5.74) is 0.341. The quantitative estimate of drug-likeness (QED) is 0.367. The zero-order chi connectivity index (χ0) is 28.8. The van der Waals surface area contributed by atoms with Gasteiger partial charge in [-0.3, -0.25) is 14.4 Å². The number of carbonyl (C=O) groups excluding carboxylic acids is 3. The van der Waals surface area contributed by atoms with E-state index in [-0.39, 0.29) is 54.2 Å². The first-order chi connectivity index (χ1) is 19.1. The van der Waals surface area contributed by atoms with Crippen LogP contribution in [0, 0.1) is 11.3 Å². The van der Waals surface area contributed by atoms with Crippen molar-refractivity contribution in [2.24, 2.45) is 11.3 Å². The molecule has 4 rings (SSSR count). The molecule has 0 unspecified atom stereocenters. The van der Waals surface area contributed by atoms with E-state index in [0.29, 0.717) is 43.3 Å². The van der Waals surface area contributed by atoms with Gasteiger partial charge in [0.2, 0.25) is 17.7 Å². The maximum Gasteiger partial charge on any atom is 0.237 e. The molecule has 0 aromatic heterocycles. The van der Waals surface area contributed by atoms with Crippen LogP contribution in [0.5, 0.6) is 0 Å². The number of nitrogens with one attached hydrogen (secondary N) is 3. The minimum atomic E-state index is -0.409. The third kappa shape index (κ3) is 9.33. The van der Waals surface area contributed by atoms with E-state index in [0.717, 1.165) is 44.2 Å². The molecule has 3 fully saturated rings. The van der Waals surface area contributed by atoms with E-state index in [1.54, 1.807) is 0 Å². The van der Waals surface area contributed by atoms with Crippen molar-refractivity contribution in [2.45, 2.75) is 115 Å². The summed E-state index contributed by atoms with van der Waals surface area (Å²) in [7, 11) is 0. The van der Waals surface area contributed by atoms with Crippen LogP contribution in [0.4, 0.5) is 0 Å². The molecule has 7 nitrogen and oxygen atoms in total. The van der Waals surface area contributed by atoms with Gasteiger partial charge >= 0.3 is 0 Å². The molecule has 2 saturated heterocycles. The van der Waals surface area contributed by atoms with Crippen LogP contribution >= 0.6 is 24.0 Å². The molecule has 0 bridgehead atoms. The van der Waals surface area contributed by atoms with Gasteiger partial charge in [-0.25, -0.2) is 0 Å². The highest BCUT2D eigenvalue weighted by molar-refractivity contribution is 6.30. The molecule has 1 saturated carbocycles. The van der Waals surface area contributed by atoms with Gasteiger partial charge in [0.25, 0.3) is 0 Å². The fourth-order valence-electron chi connectivity index (χ4n) is 6.89. The van der Waals surface area contributed by atoms with Crippen LogP contribution in [-0.4, -0.2) is 59.9 Å². The lowest BCUT2D eigenvalue weighted by molar-refractivity contribution is -0.146. The van der Waals surface area contributed by atoms with Gasteiger partial charge in [0.15, 0.2) is 0 Å². The second-order valence-corrected chi connectivity index (χ2v) is 13.8. The van der Waals surface area contributed by atoms with Gasteiger partial charge in [-0.05, 0) is 95.9 Å². The zero-order valence-electron chi connectivity index (χ0n) is 25.1. The first-order valence-corrected chi connectivity index (χ1v) is 15.8. The Morgan fingerprint density at radius 3 is 2.22 bits per heavy atom. The van der Waals surface area contributed by atoms with Crippen LogP contribution in [0.1, 0.15) is 97.0 Å². The molecule has 3 N–H and O–H groups in total. The van der Waals surface area contributed by atoms with Gasteiger partial charge in [0.1, 0.15) is 0 Å². The molecule has 2 atom stereocenters. The number of nitrogens with zero attached hydrogens (tertiary/aromatic N) is 1. The van der Waals surface area contributed by atoms with Gasteiger partial charge in [-0.2, -0.15) is 0 Å². The summed E-state index contributed by atoms with van der Waals surface area (Å²) in [5.74, 6) is 0.553. The molecule has 2 aliphatic heterocycles. The van der Waals surface area contributed by atoms with Crippen molar-refractivity contribution in [1.29, 1.82) is 0 Å². The van der Waals surface area contributed by atoms with E-state index in [4.69, 9.17) is 11.6 Å². The number of hydrogen-bond donors (Lipinski definition) is 3. The molecule has 1 aromatic carbocycles. The fraction of sp³-hybridized carbons (Fsp3) is 0.719. The number of carbonyl (C=O) groups is 3. The molecular weight excluding hydrogens is 559 g/mol. The van der Waals surface area contributed by atoms with Crippen molar-refractivity contribution in [1.82, 2.24) is 20.9 Å². The Labute approximate surface area is 257 Å². The second kappa shape index (κ2) is 15.1. The van der Waals surface area contributed by atoms with Crippen molar-refractivity contribution in [3.05, 3.63) is 34.9 Å². The molecule has 2 heterocycles. The minimum Gasteiger partial charge on any atom is -0.351 e. The highest BCUT2D eigenvalue weighted by Gasteiger charge is 2.48. The molecule has 9 heteroatoms. The molecule has 3 aliphatic rings. The Bertz CT molecular complexity index is 1010. The molecular formula is C32H50Cl2N4O3. The summed E-state index contributed by atoms with van der Waals surface area (Å²) in [4.78, 5) is 42.4. The SMILES string of the molecule is CC(C)(C)NC(=O)C1(C2CCCCC2)CCN(C(=O)C[C@@H](Cc2ccc(Cl)cc2)NC(=O)[C@H]2CCCCN2)CC1.Cl. The van der Waals surface area contributed by atoms with Crippen molar-refractivity contribution >= 4 is 41.7 Å². The average Bonchev–Trinajstić information content (AvgIpc) is 2.94. The van der Waals surface area contributed by atoms with E-state index >= 15 is 0 Å². The molecule has 1 aromatic rings. The van der Waals surface area contributed by atoms with Gasteiger partial charge < -0.3 is 20.9 Å². The summed E-state index contributed by atoms with van der Waals surface area (Å²) in [6.45, 7) is 8.12. The Balaban J connectivity index is 0.00000462. The van der Waals surface area contributed by atoms with Crippen molar-refractivity contribution in [2.75, 3.05) is 19.6 Å². The lowest BCUT2D eigenvalue weighted by Crippen LogP contribution is -2.57. The van der Waals surface area contributed by atoms with Crippen molar-refractivity contribution in [3.63, 3.8) is 0 Å². The topological polar surface area (TPSA) is 90.5 Å². The third-order valence-corrected chi connectivity index (χ3v) is 9.38. The molecule has 0 spiro atoms. The van der Waals surface area contributed by atoms with E-state index in [1.807, 2.05) is 49.9 Å². The first-order valence-electron chi connectivity index (χ1n) is 15.4. The maximum absolute atomic E-state index is 13.7. The number of likely N-dealkylation sites (tertiary alicyclic amines) is 1. The molecule has 3 amide bonds. The van der Waals surface area contributed by atoms with Crippen LogP contribution in [0.15, 0.2) is 24.3 Å². The van der Waals surface area contributed by atoms with Crippen LogP contribution < -0.4 is 16.0 Å². The smallest absolute Gasteiger partial charge is 0.237 e. The summed E-state index contributed by atoms with van der Waals surface area (Å²) < 4.78 is 0. The average molecular weight is 610 g/mol. The Morgan fingerprint density at radius 2 is 1.63 bits per heavy atom. The molecule has 0 radical (unpaired) electrons. The number of piperidine rings is 2. The van der Waals surface area contributed by atoms with E-state index in [9.17, 15) is 14.4 Å². The number of amides is 3. The summed E-state index contributed by atoms with van der Waals surface area (Å²) in [6, 6.07) is 7.09. The third-order valence-electron chi connectivity index (χ3n) is 9.13. The Hall–Kier alpha value is -1.83. The van der Waals surface area contributed by atoms with Crippen LogP contribution in [0.2, 0.25) is 5.02 Å². The van der Waals surface area contributed by atoms with E-state index in [2.05, 4.69) is 16.0 Å². The predicted molar refractivity (Wildman–Crippen MR) is 167 cm³/mol. The highest BCUT2D eigenvalue weighted by Crippen LogP contribution is 2.46. The van der Waals surface area contributed by atoms with Gasteiger partial charge in [-0.15, -0.1) is 12.4 Å². The number of rotatable bonds is 8. The van der Waals surface area contributed by atoms with Gasteiger partial charge in [0.05, 0.1) is 11.5 Å². The van der Waals surface area contributed by atoms with E-state index < -0.39 is 5.41 Å². The minimum absolute atomic E-state index is 0. The Morgan fingerprint density at radius 1 is 1.00 bits per heavy atom. The van der Waals surface area contributed by atoms with Crippen LogP contribution in [-0.2, 0) is 20.8 Å². The summed E-state index contributed by atoms with van der Waals surface area (Å²) >= 11 is 6.09. The summed E-state index contributed by atoms with van der Waals surface area (Å²) in [6.07, 6.45) is 10.9. The maximum atomic E-state index is 13.7. The van der Waals surface area contributed by atoms with Gasteiger partial charge in [-0.1, -0.05) is 49.4 Å². The number of hydrogen-bond acceptors (Lipinski definition) is 4. The summed E-state index contributed by atoms with van der Waals surface area (Å²) in [5, 5.41) is 10.4.